The highest BCUT2D eigenvalue weighted by atomic mass is 35.5. The fraction of sp³-hybridized carbons (Fsp3) is 0.125. The van der Waals surface area contributed by atoms with E-state index in [0.717, 1.165) is 11.8 Å². The largest absolute Gasteiger partial charge is 0.493 e. The molecule has 3 aromatic rings. The summed E-state index contributed by atoms with van der Waals surface area (Å²) in [5.41, 5.74) is 3.18. The number of nitro groups is 1. The topological polar surface area (TPSA) is 132 Å². The number of carbonyl (C=O) groups excluding carboxylic acids is 2. The lowest BCUT2D eigenvalue weighted by molar-refractivity contribution is -0.385. The fourth-order valence-electron chi connectivity index (χ4n) is 2.95. The lowest BCUT2D eigenvalue weighted by atomic mass is 10.1. The van der Waals surface area contributed by atoms with Crippen LogP contribution >= 0.6 is 11.6 Å². The fourth-order valence-corrected chi connectivity index (χ4v) is 3.13. The number of ether oxygens (including phenoxy) is 2. The number of carbonyl (C=O) groups is 2. The minimum absolute atomic E-state index is 0.0692. The van der Waals surface area contributed by atoms with Crippen molar-refractivity contribution in [2.24, 2.45) is 5.10 Å². The predicted molar refractivity (Wildman–Crippen MR) is 131 cm³/mol. The van der Waals surface area contributed by atoms with Crippen molar-refractivity contribution < 1.29 is 24.0 Å². The number of benzene rings is 3. The molecule has 0 heterocycles. The van der Waals surface area contributed by atoms with Gasteiger partial charge in [-0.15, -0.1) is 0 Å². The number of rotatable bonds is 10. The van der Waals surface area contributed by atoms with E-state index < -0.39 is 23.2 Å². The molecule has 0 saturated heterocycles. The molecular formula is C24H21ClN4O6. The van der Waals surface area contributed by atoms with Gasteiger partial charge in [-0.3, -0.25) is 19.7 Å². The Labute approximate surface area is 205 Å². The zero-order chi connectivity index (χ0) is 25.2. The maximum absolute atomic E-state index is 12.0. The number of nitrogens with one attached hydrogen (secondary N) is 2. The van der Waals surface area contributed by atoms with Crippen molar-refractivity contribution in [3.05, 3.63) is 93.0 Å². The second kappa shape index (κ2) is 12.1. The lowest BCUT2D eigenvalue weighted by Gasteiger charge is -2.12. The van der Waals surface area contributed by atoms with Crippen LogP contribution in [0.2, 0.25) is 5.02 Å². The van der Waals surface area contributed by atoms with Gasteiger partial charge in [-0.1, -0.05) is 54.1 Å². The number of halogens is 1. The van der Waals surface area contributed by atoms with E-state index in [-0.39, 0.29) is 29.4 Å². The van der Waals surface area contributed by atoms with Crippen LogP contribution in [0.3, 0.4) is 0 Å². The summed E-state index contributed by atoms with van der Waals surface area (Å²) in [6.45, 7) is 0.189. The zero-order valence-corrected chi connectivity index (χ0v) is 19.3. The van der Waals surface area contributed by atoms with Gasteiger partial charge in [0.1, 0.15) is 13.0 Å². The first-order valence-corrected chi connectivity index (χ1v) is 10.6. The molecule has 2 amide bonds. The number of anilines is 1. The molecule has 35 heavy (non-hydrogen) atoms. The van der Waals surface area contributed by atoms with Gasteiger partial charge >= 0.3 is 0 Å². The normalized spacial score (nSPS) is 10.6. The summed E-state index contributed by atoms with van der Waals surface area (Å²) in [6, 6.07) is 18.5. The predicted octanol–water partition coefficient (Wildman–Crippen LogP) is 4.31. The highest BCUT2D eigenvalue weighted by Gasteiger charge is 2.19. The SMILES string of the molecule is COc1cc(C=NNC(=O)CC(=O)Nc2ccccc2Cl)c([N+](=O)[O-])cc1OCc1ccccc1. The molecule has 0 aliphatic carbocycles. The minimum Gasteiger partial charge on any atom is -0.493 e. The maximum Gasteiger partial charge on any atom is 0.282 e. The molecule has 0 aliphatic heterocycles. The minimum atomic E-state index is -0.719. The quantitative estimate of drug-likeness (QED) is 0.186. The number of para-hydroxylation sites is 1. The van der Waals surface area contributed by atoms with Gasteiger partial charge in [-0.2, -0.15) is 5.10 Å². The van der Waals surface area contributed by atoms with Crippen LogP contribution in [0.4, 0.5) is 11.4 Å². The van der Waals surface area contributed by atoms with Gasteiger partial charge in [0, 0.05) is 0 Å². The molecule has 180 valence electrons. The summed E-state index contributed by atoms with van der Waals surface area (Å²) in [7, 11) is 1.40. The van der Waals surface area contributed by atoms with Crippen LogP contribution in [-0.4, -0.2) is 30.1 Å². The Morgan fingerprint density at radius 1 is 1.06 bits per heavy atom. The second-order valence-corrected chi connectivity index (χ2v) is 7.50. The Kier molecular flexibility index (Phi) is 8.74. The van der Waals surface area contributed by atoms with E-state index in [1.165, 1.54) is 19.2 Å². The van der Waals surface area contributed by atoms with E-state index in [0.29, 0.717) is 10.7 Å². The van der Waals surface area contributed by atoms with E-state index in [9.17, 15) is 19.7 Å². The van der Waals surface area contributed by atoms with Gasteiger partial charge in [0.05, 0.1) is 40.6 Å². The Bertz CT molecular complexity index is 1250. The average Bonchev–Trinajstić information content (AvgIpc) is 2.84. The van der Waals surface area contributed by atoms with Crippen LogP contribution in [0.15, 0.2) is 71.8 Å². The van der Waals surface area contributed by atoms with Gasteiger partial charge in [-0.25, -0.2) is 5.43 Å². The monoisotopic (exact) mass is 496 g/mol. The molecule has 0 aromatic heterocycles. The highest BCUT2D eigenvalue weighted by Crippen LogP contribution is 2.34. The van der Waals surface area contributed by atoms with Crippen molar-refractivity contribution in [2.45, 2.75) is 13.0 Å². The molecule has 0 unspecified atom stereocenters. The van der Waals surface area contributed by atoms with E-state index in [1.54, 1.807) is 24.3 Å². The Morgan fingerprint density at radius 3 is 2.46 bits per heavy atom. The van der Waals surface area contributed by atoms with Gasteiger partial charge in [0.15, 0.2) is 11.5 Å². The van der Waals surface area contributed by atoms with Crippen LogP contribution < -0.4 is 20.2 Å². The number of hydrogen-bond donors (Lipinski definition) is 2. The number of hydrogen-bond acceptors (Lipinski definition) is 7. The van der Waals surface area contributed by atoms with Crippen molar-refractivity contribution in [1.82, 2.24) is 5.43 Å². The van der Waals surface area contributed by atoms with Crippen molar-refractivity contribution in [3.8, 4) is 11.5 Å². The molecule has 0 spiro atoms. The molecule has 0 saturated carbocycles. The van der Waals surface area contributed by atoms with Crippen LogP contribution in [-0.2, 0) is 16.2 Å². The number of hydrazone groups is 1. The Hall–Kier alpha value is -4.44. The van der Waals surface area contributed by atoms with Crippen molar-refractivity contribution in [1.29, 1.82) is 0 Å². The summed E-state index contributed by atoms with van der Waals surface area (Å²) in [4.78, 5) is 35.1. The number of amides is 2. The van der Waals surface area contributed by atoms with Crippen LogP contribution in [0.25, 0.3) is 0 Å². The Balaban J connectivity index is 1.66. The lowest BCUT2D eigenvalue weighted by Crippen LogP contribution is -2.24. The Morgan fingerprint density at radius 2 is 1.77 bits per heavy atom. The molecule has 0 aliphatic rings. The number of nitrogens with zero attached hydrogens (tertiary/aromatic N) is 2. The van der Waals surface area contributed by atoms with E-state index >= 15 is 0 Å². The molecule has 10 nitrogen and oxygen atoms in total. The van der Waals surface area contributed by atoms with Gasteiger partial charge < -0.3 is 14.8 Å². The summed E-state index contributed by atoms with van der Waals surface area (Å²) in [6.07, 6.45) is 0.561. The first-order chi connectivity index (χ1) is 16.9. The first-order valence-electron chi connectivity index (χ1n) is 10.3. The van der Waals surface area contributed by atoms with Crippen molar-refractivity contribution in [3.63, 3.8) is 0 Å². The first kappa shape index (κ1) is 25.2. The summed E-state index contributed by atoms with van der Waals surface area (Å²) in [5, 5.41) is 18.2. The average molecular weight is 497 g/mol. The molecule has 3 rings (SSSR count). The zero-order valence-electron chi connectivity index (χ0n) is 18.6. The maximum atomic E-state index is 12.0. The third kappa shape index (κ3) is 7.27. The molecule has 11 heteroatoms. The molecular weight excluding hydrogens is 476 g/mol. The van der Waals surface area contributed by atoms with E-state index in [2.05, 4.69) is 15.8 Å². The standard InChI is InChI=1S/C24H21ClN4O6/c1-34-21-11-17(20(29(32)33)12-22(21)35-15-16-7-3-2-4-8-16)14-26-28-24(31)13-23(30)27-19-10-6-5-9-18(19)25/h2-12,14H,13,15H2,1H3,(H,27,30)(H,28,31). The van der Waals surface area contributed by atoms with Gasteiger partial charge in [0.25, 0.3) is 5.69 Å². The van der Waals surface area contributed by atoms with E-state index in [1.807, 2.05) is 30.3 Å². The molecule has 2 N–H and O–H groups in total. The third-order valence-electron chi connectivity index (χ3n) is 4.61. The number of methoxy groups -OCH3 is 1. The van der Waals surface area contributed by atoms with Crippen molar-refractivity contribution >= 4 is 41.0 Å². The molecule has 0 bridgehead atoms. The molecule has 0 atom stereocenters. The summed E-state index contributed by atoms with van der Waals surface area (Å²) >= 11 is 5.97. The summed E-state index contributed by atoms with van der Waals surface area (Å²) < 4.78 is 11.0. The summed E-state index contributed by atoms with van der Waals surface area (Å²) in [5.74, 6) is -0.888. The third-order valence-corrected chi connectivity index (χ3v) is 4.94. The smallest absolute Gasteiger partial charge is 0.282 e. The van der Waals surface area contributed by atoms with E-state index in [4.69, 9.17) is 21.1 Å². The van der Waals surface area contributed by atoms with Gasteiger partial charge in [0.2, 0.25) is 11.8 Å². The van der Waals surface area contributed by atoms with Crippen molar-refractivity contribution in [2.75, 3.05) is 12.4 Å². The molecule has 3 aromatic carbocycles. The molecule has 0 radical (unpaired) electrons. The van der Waals surface area contributed by atoms with Gasteiger partial charge in [-0.05, 0) is 23.8 Å². The molecule has 0 fully saturated rings. The second-order valence-electron chi connectivity index (χ2n) is 7.09. The highest BCUT2D eigenvalue weighted by molar-refractivity contribution is 6.33. The van der Waals surface area contributed by atoms with Crippen LogP contribution in [0.1, 0.15) is 17.5 Å². The van der Waals surface area contributed by atoms with Crippen LogP contribution in [0.5, 0.6) is 11.5 Å². The number of nitro benzene ring substituents is 1. The van der Waals surface area contributed by atoms with Crippen LogP contribution in [0, 0.1) is 10.1 Å².